The van der Waals surface area contributed by atoms with Gasteiger partial charge in [-0.25, -0.2) is 9.59 Å². The Morgan fingerprint density at radius 3 is 0.680 bits per heavy atom. The zero-order valence-electron chi connectivity index (χ0n) is 14.1. The van der Waals surface area contributed by atoms with Gasteiger partial charge in [-0.05, 0) is 27.7 Å². The van der Waals surface area contributed by atoms with E-state index in [0.717, 1.165) is 13.8 Å². The first-order valence-corrected chi connectivity index (χ1v) is 6.17. The fourth-order valence-electron chi connectivity index (χ4n) is 0. The van der Waals surface area contributed by atoms with Crippen LogP contribution in [0.3, 0.4) is 0 Å². The molecule has 0 spiro atoms. The third-order valence-corrected chi connectivity index (χ3v) is 1.40. The molecular formula is C12H22CaO12. The quantitative estimate of drug-likeness (QED) is 0.244. The van der Waals surface area contributed by atoms with Gasteiger partial charge in [0.05, 0.1) is 24.1 Å². The van der Waals surface area contributed by atoms with Gasteiger partial charge >= 0.3 is 49.7 Å². The normalized spacial score (nSPS) is 13.1. The summed E-state index contributed by atoms with van der Waals surface area (Å²) in [5.74, 6) is -5.24. The van der Waals surface area contributed by atoms with Crippen molar-refractivity contribution >= 4 is 61.6 Å². The van der Waals surface area contributed by atoms with Crippen molar-refractivity contribution in [2.24, 2.45) is 0 Å². The molecule has 0 fully saturated rings. The monoisotopic (exact) mass is 398 g/mol. The van der Waals surface area contributed by atoms with Crippen molar-refractivity contribution in [3.63, 3.8) is 0 Å². The summed E-state index contributed by atoms with van der Waals surface area (Å²) < 4.78 is 0. The first-order valence-electron chi connectivity index (χ1n) is 6.17. The Balaban J connectivity index is -0.0000000702. The predicted octanol–water partition coefficient (Wildman–Crippen LogP) is -5.24. The average molecular weight is 398 g/mol. The fraction of sp³-hybridized carbons (Fsp3) is 0.667. The molecule has 12 nitrogen and oxygen atoms in total. The smallest absolute Gasteiger partial charge is 0.547 e. The summed E-state index contributed by atoms with van der Waals surface area (Å²) in [7, 11) is 0. The van der Waals surface area contributed by atoms with Gasteiger partial charge in [-0.2, -0.15) is 0 Å². The van der Waals surface area contributed by atoms with E-state index in [1.54, 1.807) is 0 Å². The molecule has 0 aromatic carbocycles. The summed E-state index contributed by atoms with van der Waals surface area (Å²) in [6, 6.07) is 0. The minimum absolute atomic E-state index is 0. The molecule has 0 aromatic heterocycles. The second-order valence-corrected chi connectivity index (χ2v) is 4.02. The Labute approximate surface area is 173 Å². The zero-order valence-corrected chi connectivity index (χ0v) is 16.4. The number of hydrogen-bond acceptors (Lipinski definition) is 10. The van der Waals surface area contributed by atoms with Crippen LogP contribution in [-0.4, -0.2) is 117 Å². The van der Waals surface area contributed by atoms with Crippen molar-refractivity contribution in [2.45, 2.75) is 52.1 Å². The molecule has 0 aliphatic rings. The zero-order chi connectivity index (χ0) is 20.6. The molecule has 13 heteroatoms. The molecule has 0 saturated heterocycles. The Morgan fingerprint density at radius 2 is 0.680 bits per heavy atom. The van der Waals surface area contributed by atoms with Crippen molar-refractivity contribution in [3.8, 4) is 0 Å². The van der Waals surface area contributed by atoms with Crippen molar-refractivity contribution < 1.29 is 60.0 Å². The van der Waals surface area contributed by atoms with Crippen LogP contribution in [-0.2, 0) is 19.2 Å². The Kier molecular flexibility index (Phi) is 29.6. The van der Waals surface area contributed by atoms with E-state index < -0.39 is 48.3 Å². The molecule has 4 atom stereocenters. The predicted molar refractivity (Wildman–Crippen MR) is 77.8 cm³/mol. The van der Waals surface area contributed by atoms with Gasteiger partial charge in [0.15, 0.2) is 0 Å². The number of carboxylic acid groups (broad SMARTS) is 4. The van der Waals surface area contributed by atoms with E-state index in [4.69, 9.17) is 30.6 Å². The molecule has 0 aromatic rings. The van der Waals surface area contributed by atoms with Gasteiger partial charge < -0.3 is 50.4 Å². The standard InChI is InChI=1S/4C3H6O3.Ca/c4*1-2(4)3(5)6;/h4*2,4H,1H3,(H,5,6);/q;;;;+2/p-2. The van der Waals surface area contributed by atoms with E-state index >= 15 is 0 Å². The van der Waals surface area contributed by atoms with E-state index in [9.17, 15) is 29.4 Å². The van der Waals surface area contributed by atoms with Crippen molar-refractivity contribution in [1.29, 1.82) is 0 Å². The Hall–Kier alpha value is -1.02. The maximum Gasteiger partial charge on any atom is 2.00 e. The van der Waals surface area contributed by atoms with E-state index in [1.165, 1.54) is 13.8 Å². The molecule has 6 N–H and O–H groups in total. The molecule has 4 unspecified atom stereocenters. The average Bonchev–Trinajstić information content (AvgIpc) is 2.40. The van der Waals surface area contributed by atoms with Crippen LogP contribution in [0.4, 0.5) is 0 Å². The van der Waals surface area contributed by atoms with E-state index in [0.29, 0.717) is 0 Å². The van der Waals surface area contributed by atoms with Crippen LogP contribution in [0.25, 0.3) is 0 Å². The molecular weight excluding hydrogens is 376 g/mol. The van der Waals surface area contributed by atoms with Crippen molar-refractivity contribution in [2.75, 3.05) is 0 Å². The summed E-state index contributed by atoms with van der Waals surface area (Å²) in [6.07, 6.45) is -5.15. The van der Waals surface area contributed by atoms with Gasteiger partial charge in [-0.3, -0.25) is 0 Å². The van der Waals surface area contributed by atoms with Gasteiger partial charge in [-0.1, -0.05) is 0 Å². The second-order valence-electron chi connectivity index (χ2n) is 4.02. The first-order chi connectivity index (χ1) is 10.6. The van der Waals surface area contributed by atoms with Crippen LogP contribution < -0.4 is 10.2 Å². The summed E-state index contributed by atoms with van der Waals surface area (Å²) in [6.45, 7) is 4.66. The van der Waals surface area contributed by atoms with Crippen LogP contribution in [0.2, 0.25) is 0 Å². The van der Waals surface area contributed by atoms with Crippen molar-refractivity contribution in [1.82, 2.24) is 0 Å². The number of aliphatic carboxylic acids is 4. The molecule has 0 aliphatic carbocycles. The van der Waals surface area contributed by atoms with Gasteiger partial charge in [0.1, 0.15) is 12.2 Å². The van der Waals surface area contributed by atoms with Gasteiger partial charge in [0.2, 0.25) is 0 Å². The SMILES string of the molecule is CC(O)C(=O)O.CC(O)C(=O)O.CC(O)C(=O)[O-].CC(O)C(=O)[O-].[Ca+2]. The third-order valence-electron chi connectivity index (χ3n) is 1.40. The molecule has 25 heavy (non-hydrogen) atoms. The molecule has 0 saturated carbocycles. The van der Waals surface area contributed by atoms with Crippen LogP contribution in [0.1, 0.15) is 27.7 Å². The number of aliphatic hydroxyl groups excluding tert-OH is 4. The van der Waals surface area contributed by atoms with Crippen LogP contribution in [0.5, 0.6) is 0 Å². The van der Waals surface area contributed by atoms with E-state index in [-0.39, 0.29) is 37.7 Å². The topological polar surface area (TPSA) is 236 Å². The van der Waals surface area contributed by atoms with Gasteiger partial charge in [-0.15, -0.1) is 0 Å². The van der Waals surface area contributed by atoms with Crippen LogP contribution in [0, 0.1) is 0 Å². The Bertz CT molecular complexity index is 306. The van der Waals surface area contributed by atoms with Crippen LogP contribution in [0.15, 0.2) is 0 Å². The molecule has 144 valence electrons. The number of carboxylic acids is 4. The largest absolute Gasteiger partial charge is 2.00 e. The number of carbonyl (C=O) groups excluding carboxylic acids is 2. The molecule has 0 rings (SSSR count). The third kappa shape index (κ3) is 45.1. The van der Waals surface area contributed by atoms with E-state index in [1.807, 2.05) is 0 Å². The second kappa shape index (κ2) is 21.0. The molecule has 0 aliphatic heterocycles. The number of hydrogen-bond donors (Lipinski definition) is 6. The van der Waals surface area contributed by atoms with Gasteiger partial charge in [0, 0.05) is 0 Å². The minimum atomic E-state index is -1.44. The summed E-state index contributed by atoms with van der Waals surface area (Å²) >= 11 is 0. The minimum Gasteiger partial charge on any atom is -0.547 e. The molecule has 0 amide bonds. The van der Waals surface area contributed by atoms with Crippen LogP contribution >= 0.6 is 0 Å². The van der Waals surface area contributed by atoms with Gasteiger partial charge in [0.25, 0.3) is 0 Å². The maximum absolute atomic E-state index is 9.45. The molecule has 0 radical (unpaired) electrons. The number of rotatable bonds is 4. The Morgan fingerprint density at radius 1 is 0.600 bits per heavy atom. The van der Waals surface area contributed by atoms with Crippen molar-refractivity contribution in [3.05, 3.63) is 0 Å². The molecule has 0 bridgehead atoms. The molecule has 0 heterocycles. The summed E-state index contributed by atoms with van der Waals surface area (Å²) in [5, 5.41) is 66.2. The maximum atomic E-state index is 9.45. The summed E-state index contributed by atoms with van der Waals surface area (Å²) in [4.78, 5) is 37.6. The number of carbonyl (C=O) groups is 4. The number of aliphatic hydroxyl groups is 4. The first kappa shape index (κ1) is 35.2. The fourth-order valence-corrected chi connectivity index (χ4v) is 0. The summed E-state index contributed by atoms with van der Waals surface area (Å²) in [5.41, 5.74) is 0. The van der Waals surface area contributed by atoms with E-state index in [2.05, 4.69) is 0 Å².